The lowest BCUT2D eigenvalue weighted by molar-refractivity contribution is -0.178. The molecule has 0 aromatic rings. The van der Waals surface area contributed by atoms with Crippen LogP contribution in [0.2, 0.25) is 0 Å². The van der Waals surface area contributed by atoms with Gasteiger partial charge < -0.3 is 9.84 Å². The molecule has 1 aliphatic heterocycles. The van der Waals surface area contributed by atoms with Gasteiger partial charge in [-0.25, -0.2) is 0 Å². The van der Waals surface area contributed by atoms with E-state index in [4.69, 9.17) is 9.84 Å². The van der Waals surface area contributed by atoms with E-state index in [1.807, 2.05) is 20.8 Å². The number of hydrogen-bond acceptors (Lipinski definition) is 2. The Balaban J connectivity index is 2.63. The van der Waals surface area contributed by atoms with Crippen LogP contribution in [-0.2, 0) is 9.53 Å². The molecule has 0 aromatic carbocycles. The Morgan fingerprint density at radius 2 is 2.00 bits per heavy atom. The Hall–Kier alpha value is -0.570. The van der Waals surface area contributed by atoms with Crippen LogP contribution in [0.3, 0.4) is 0 Å². The summed E-state index contributed by atoms with van der Waals surface area (Å²) in [6, 6.07) is 0. The van der Waals surface area contributed by atoms with Gasteiger partial charge in [0.25, 0.3) is 0 Å². The van der Waals surface area contributed by atoms with Crippen LogP contribution in [0.5, 0.6) is 0 Å². The van der Waals surface area contributed by atoms with Crippen LogP contribution < -0.4 is 0 Å². The molecule has 0 radical (unpaired) electrons. The Morgan fingerprint density at radius 3 is 2.46 bits per heavy atom. The van der Waals surface area contributed by atoms with Gasteiger partial charge in [0, 0.05) is 0 Å². The van der Waals surface area contributed by atoms with E-state index in [9.17, 15) is 4.79 Å². The van der Waals surface area contributed by atoms with Crippen LogP contribution in [0.4, 0.5) is 0 Å². The van der Waals surface area contributed by atoms with Crippen molar-refractivity contribution in [2.75, 3.05) is 0 Å². The summed E-state index contributed by atoms with van der Waals surface area (Å²) in [5, 5.41) is 8.72. The number of carboxylic acid groups (broad SMARTS) is 1. The smallest absolute Gasteiger partial charge is 0.306 e. The van der Waals surface area contributed by atoms with Gasteiger partial charge in [0.1, 0.15) is 0 Å². The third-order valence-electron chi connectivity index (χ3n) is 2.53. The first-order valence-corrected chi connectivity index (χ1v) is 4.75. The van der Waals surface area contributed by atoms with E-state index in [-0.39, 0.29) is 12.0 Å². The Bertz CT molecular complexity index is 210. The summed E-state index contributed by atoms with van der Waals surface area (Å²) in [5.74, 6) is -0.778. The van der Waals surface area contributed by atoms with Crippen molar-refractivity contribution in [2.24, 2.45) is 0 Å². The summed E-state index contributed by atoms with van der Waals surface area (Å²) in [6.45, 7) is 5.93. The molecule has 76 valence electrons. The quantitative estimate of drug-likeness (QED) is 0.719. The normalized spacial score (nSPS) is 32.8. The number of carboxylic acids is 1. The zero-order valence-electron chi connectivity index (χ0n) is 8.59. The molecule has 0 spiro atoms. The molecule has 3 nitrogen and oxygen atoms in total. The predicted molar refractivity (Wildman–Crippen MR) is 49.7 cm³/mol. The highest BCUT2D eigenvalue weighted by molar-refractivity contribution is 5.68. The van der Waals surface area contributed by atoms with E-state index in [0.29, 0.717) is 0 Å². The van der Waals surface area contributed by atoms with Crippen molar-refractivity contribution in [3.63, 3.8) is 0 Å². The minimum atomic E-state index is -0.778. The van der Waals surface area contributed by atoms with Crippen molar-refractivity contribution < 1.29 is 14.6 Å². The number of carbonyl (C=O) groups is 1. The van der Waals surface area contributed by atoms with Gasteiger partial charge in [0.05, 0.1) is 17.6 Å². The number of ether oxygens (including phenoxy) is 1. The number of hydrogen-bond donors (Lipinski definition) is 1. The Labute approximate surface area is 79.1 Å². The van der Waals surface area contributed by atoms with E-state index in [0.717, 1.165) is 19.3 Å². The molecule has 0 bridgehead atoms. The molecule has 3 heteroatoms. The van der Waals surface area contributed by atoms with Crippen LogP contribution in [0, 0.1) is 0 Å². The van der Waals surface area contributed by atoms with Gasteiger partial charge in [-0.2, -0.15) is 0 Å². The molecule has 0 saturated carbocycles. The Kier molecular flexibility index (Phi) is 2.66. The topological polar surface area (TPSA) is 46.5 Å². The average Bonchev–Trinajstić information content (AvgIpc) is 1.79. The summed E-state index contributed by atoms with van der Waals surface area (Å²) in [5.41, 5.74) is -0.629. The van der Waals surface area contributed by atoms with E-state index < -0.39 is 11.6 Å². The van der Waals surface area contributed by atoms with E-state index in [1.54, 1.807) is 0 Å². The molecule has 1 fully saturated rings. The van der Waals surface area contributed by atoms with Crippen molar-refractivity contribution in [3.05, 3.63) is 0 Å². The molecule has 1 saturated heterocycles. The van der Waals surface area contributed by atoms with Crippen molar-refractivity contribution in [1.82, 2.24) is 0 Å². The molecule has 0 amide bonds. The standard InChI is InChI=1S/C10H18O3/c1-9(2)5-4-6-10(3,13-9)7-8(11)12/h4-7H2,1-3H3,(H,11,12). The van der Waals surface area contributed by atoms with Crippen molar-refractivity contribution >= 4 is 5.97 Å². The fourth-order valence-electron chi connectivity index (χ4n) is 2.10. The molecule has 1 rings (SSSR count). The van der Waals surface area contributed by atoms with Gasteiger partial charge >= 0.3 is 5.97 Å². The predicted octanol–water partition coefficient (Wildman–Crippen LogP) is 2.20. The van der Waals surface area contributed by atoms with Gasteiger partial charge in [-0.05, 0) is 40.0 Å². The van der Waals surface area contributed by atoms with Gasteiger partial charge in [0.15, 0.2) is 0 Å². The zero-order valence-corrected chi connectivity index (χ0v) is 8.59. The number of aliphatic carboxylic acids is 1. The third kappa shape index (κ3) is 2.99. The molecule has 1 aliphatic rings. The lowest BCUT2D eigenvalue weighted by Gasteiger charge is -2.42. The molecule has 1 unspecified atom stereocenters. The molecule has 1 heterocycles. The SMILES string of the molecule is CC1(C)CCCC(C)(CC(=O)O)O1. The van der Waals surface area contributed by atoms with E-state index in [1.165, 1.54) is 0 Å². The highest BCUT2D eigenvalue weighted by Crippen LogP contribution is 2.36. The van der Waals surface area contributed by atoms with Crippen molar-refractivity contribution in [1.29, 1.82) is 0 Å². The third-order valence-corrected chi connectivity index (χ3v) is 2.53. The maximum absolute atomic E-state index is 10.6. The van der Waals surface area contributed by atoms with E-state index in [2.05, 4.69) is 0 Å². The van der Waals surface area contributed by atoms with Crippen LogP contribution >= 0.6 is 0 Å². The molecule has 0 aliphatic carbocycles. The first-order valence-electron chi connectivity index (χ1n) is 4.75. The molecule has 0 aromatic heterocycles. The zero-order chi connectivity index (χ0) is 10.1. The molecular formula is C10H18O3. The summed E-state index contributed by atoms with van der Waals surface area (Å²) >= 11 is 0. The maximum atomic E-state index is 10.6. The van der Waals surface area contributed by atoms with Crippen molar-refractivity contribution in [2.45, 2.75) is 57.7 Å². The summed E-state index contributed by atoms with van der Waals surface area (Å²) in [6.07, 6.45) is 3.03. The highest BCUT2D eigenvalue weighted by atomic mass is 16.5. The highest BCUT2D eigenvalue weighted by Gasteiger charge is 2.38. The minimum Gasteiger partial charge on any atom is -0.481 e. The van der Waals surface area contributed by atoms with Gasteiger partial charge in [-0.15, -0.1) is 0 Å². The van der Waals surface area contributed by atoms with Gasteiger partial charge in [-0.3, -0.25) is 4.79 Å². The fraction of sp³-hybridized carbons (Fsp3) is 0.900. The fourth-order valence-corrected chi connectivity index (χ4v) is 2.10. The first kappa shape index (κ1) is 10.5. The second-order valence-electron chi connectivity index (χ2n) is 4.74. The van der Waals surface area contributed by atoms with Crippen LogP contribution in [0.1, 0.15) is 46.5 Å². The summed E-state index contributed by atoms with van der Waals surface area (Å²) in [7, 11) is 0. The van der Waals surface area contributed by atoms with E-state index >= 15 is 0 Å². The van der Waals surface area contributed by atoms with Crippen LogP contribution in [0.15, 0.2) is 0 Å². The molecule has 1 atom stereocenters. The first-order chi connectivity index (χ1) is 5.83. The summed E-state index contributed by atoms with van der Waals surface area (Å²) in [4.78, 5) is 10.6. The second-order valence-corrected chi connectivity index (χ2v) is 4.74. The lowest BCUT2D eigenvalue weighted by Crippen LogP contribution is -2.44. The largest absolute Gasteiger partial charge is 0.481 e. The van der Waals surface area contributed by atoms with Gasteiger partial charge in [0.2, 0.25) is 0 Å². The molecule has 13 heavy (non-hydrogen) atoms. The summed E-state index contributed by atoms with van der Waals surface area (Å²) < 4.78 is 5.79. The molecule has 1 N–H and O–H groups in total. The van der Waals surface area contributed by atoms with Crippen molar-refractivity contribution in [3.8, 4) is 0 Å². The lowest BCUT2D eigenvalue weighted by atomic mass is 9.86. The van der Waals surface area contributed by atoms with Crippen LogP contribution in [0.25, 0.3) is 0 Å². The molecular weight excluding hydrogens is 168 g/mol. The van der Waals surface area contributed by atoms with Gasteiger partial charge in [-0.1, -0.05) is 0 Å². The monoisotopic (exact) mass is 186 g/mol. The second kappa shape index (κ2) is 3.29. The minimum absolute atomic E-state index is 0.108. The maximum Gasteiger partial charge on any atom is 0.306 e. The van der Waals surface area contributed by atoms with Crippen LogP contribution in [-0.4, -0.2) is 22.3 Å². The Morgan fingerprint density at radius 1 is 1.38 bits per heavy atom. The average molecular weight is 186 g/mol. The number of rotatable bonds is 2.